The minimum atomic E-state index is -0.411. The van der Waals surface area contributed by atoms with Crippen molar-refractivity contribution in [3.05, 3.63) is 57.0 Å². The van der Waals surface area contributed by atoms with Gasteiger partial charge in [-0.3, -0.25) is 18.7 Å². The Hall–Kier alpha value is -3.16. The van der Waals surface area contributed by atoms with Gasteiger partial charge in [-0.2, -0.15) is 0 Å². The van der Waals surface area contributed by atoms with Crippen molar-refractivity contribution in [2.24, 2.45) is 14.1 Å². The molecule has 3 rings (SSSR count). The fraction of sp³-hybridized carbons (Fsp3) is 0.400. The van der Waals surface area contributed by atoms with Crippen molar-refractivity contribution >= 4 is 22.8 Å². The maximum atomic E-state index is 12.4. The molecule has 0 unspecified atom stereocenters. The molecule has 3 aromatic rings. The third-order valence-corrected chi connectivity index (χ3v) is 4.88. The summed E-state index contributed by atoms with van der Waals surface area (Å²) in [6, 6.07) is 7.83. The molecule has 0 aliphatic rings. The minimum Gasteiger partial charge on any atom is -0.326 e. The third kappa shape index (κ3) is 3.76. The van der Waals surface area contributed by atoms with Gasteiger partial charge in [0.2, 0.25) is 5.91 Å². The van der Waals surface area contributed by atoms with E-state index in [0.717, 1.165) is 10.3 Å². The summed E-state index contributed by atoms with van der Waals surface area (Å²) in [5.74, 6) is 0.365. The standard InChI is InChI=1S/C20H25N5O3/c1-13(2)14-7-9-15(10-8-14)22-16(26)6-5-11-25-12-21-18-17(25)19(27)24(4)20(28)23(18)3/h7-10,12-13H,5-6,11H2,1-4H3,(H,22,26). The predicted octanol–water partition coefficient (Wildman–Crippen LogP) is 1.98. The Morgan fingerprint density at radius 3 is 2.43 bits per heavy atom. The molecule has 0 atom stereocenters. The normalized spacial score (nSPS) is 11.3. The van der Waals surface area contributed by atoms with Crippen LogP contribution in [-0.4, -0.2) is 24.6 Å². The largest absolute Gasteiger partial charge is 0.332 e. The summed E-state index contributed by atoms with van der Waals surface area (Å²) in [6.45, 7) is 4.71. The minimum absolute atomic E-state index is 0.0815. The summed E-state index contributed by atoms with van der Waals surface area (Å²) in [6.07, 6.45) is 2.40. The molecule has 0 saturated carbocycles. The topological polar surface area (TPSA) is 90.9 Å². The SMILES string of the molecule is CC(C)c1ccc(NC(=O)CCCn2cnc3c2c(=O)n(C)c(=O)n3C)cc1. The number of aryl methyl sites for hydroxylation is 2. The lowest BCUT2D eigenvalue weighted by molar-refractivity contribution is -0.116. The lowest BCUT2D eigenvalue weighted by Gasteiger charge is -2.09. The molecule has 0 radical (unpaired) electrons. The van der Waals surface area contributed by atoms with Gasteiger partial charge in [-0.05, 0) is 30.0 Å². The third-order valence-electron chi connectivity index (χ3n) is 4.88. The summed E-state index contributed by atoms with van der Waals surface area (Å²) in [7, 11) is 3.03. The smallest absolute Gasteiger partial charge is 0.326 e. The Kier molecular flexibility index (Phi) is 5.48. The van der Waals surface area contributed by atoms with Gasteiger partial charge in [0.25, 0.3) is 5.56 Å². The molecule has 0 bridgehead atoms. The van der Waals surface area contributed by atoms with E-state index in [-0.39, 0.29) is 11.5 Å². The van der Waals surface area contributed by atoms with Crippen LogP contribution >= 0.6 is 0 Å². The van der Waals surface area contributed by atoms with Gasteiger partial charge >= 0.3 is 5.69 Å². The van der Waals surface area contributed by atoms with E-state index in [0.29, 0.717) is 36.5 Å². The molecule has 148 valence electrons. The monoisotopic (exact) mass is 383 g/mol. The lowest BCUT2D eigenvalue weighted by Crippen LogP contribution is -2.37. The van der Waals surface area contributed by atoms with Crippen LogP contribution < -0.4 is 16.6 Å². The van der Waals surface area contributed by atoms with Crippen LogP contribution in [0.4, 0.5) is 5.69 Å². The van der Waals surface area contributed by atoms with Crippen LogP contribution in [0.5, 0.6) is 0 Å². The first-order valence-corrected chi connectivity index (χ1v) is 9.30. The van der Waals surface area contributed by atoms with Gasteiger partial charge in [-0.1, -0.05) is 26.0 Å². The summed E-state index contributed by atoms with van der Waals surface area (Å²) >= 11 is 0. The first-order chi connectivity index (χ1) is 13.3. The van der Waals surface area contributed by atoms with Gasteiger partial charge in [0.05, 0.1) is 6.33 Å². The number of fused-ring (bicyclic) bond motifs is 1. The van der Waals surface area contributed by atoms with Crippen LogP contribution in [0.3, 0.4) is 0 Å². The Bertz CT molecular complexity index is 1120. The molecule has 1 amide bonds. The van der Waals surface area contributed by atoms with Crippen LogP contribution in [0, 0.1) is 0 Å². The second kappa shape index (κ2) is 7.84. The molecule has 8 nitrogen and oxygen atoms in total. The molecular formula is C20H25N5O3. The molecule has 1 N–H and O–H groups in total. The number of carbonyl (C=O) groups excluding carboxylic acids is 1. The van der Waals surface area contributed by atoms with Crippen molar-refractivity contribution in [3.63, 3.8) is 0 Å². The van der Waals surface area contributed by atoms with Gasteiger partial charge in [-0.15, -0.1) is 0 Å². The van der Waals surface area contributed by atoms with Crippen LogP contribution in [0.2, 0.25) is 0 Å². The van der Waals surface area contributed by atoms with Crippen LogP contribution in [0.1, 0.15) is 38.2 Å². The number of nitrogens with zero attached hydrogens (tertiary/aromatic N) is 4. The summed E-state index contributed by atoms with van der Waals surface area (Å²) in [5, 5.41) is 2.89. The molecule has 2 aromatic heterocycles. The molecule has 0 aliphatic heterocycles. The van der Waals surface area contributed by atoms with E-state index < -0.39 is 5.69 Å². The molecule has 8 heteroatoms. The quantitative estimate of drug-likeness (QED) is 0.705. The predicted molar refractivity (Wildman–Crippen MR) is 109 cm³/mol. The molecule has 0 spiro atoms. The number of nitrogens with one attached hydrogen (secondary N) is 1. The summed E-state index contributed by atoms with van der Waals surface area (Å²) in [4.78, 5) is 40.8. The molecular weight excluding hydrogens is 358 g/mol. The first kappa shape index (κ1) is 19.6. The highest BCUT2D eigenvalue weighted by atomic mass is 16.2. The molecule has 28 heavy (non-hydrogen) atoms. The van der Waals surface area contributed by atoms with Crippen LogP contribution in [0.15, 0.2) is 40.2 Å². The Labute approximate surface area is 162 Å². The molecule has 0 aliphatic carbocycles. The van der Waals surface area contributed by atoms with Crippen molar-refractivity contribution < 1.29 is 4.79 Å². The number of imidazole rings is 1. The number of hydrogen-bond acceptors (Lipinski definition) is 4. The van der Waals surface area contributed by atoms with Gasteiger partial charge in [-0.25, -0.2) is 9.78 Å². The van der Waals surface area contributed by atoms with E-state index in [2.05, 4.69) is 24.1 Å². The first-order valence-electron chi connectivity index (χ1n) is 9.30. The lowest BCUT2D eigenvalue weighted by atomic mass is 10.0. The zero-order valence-electron chi connectivity index (χ0n) is 16.6. The number of hydrogen-bond donors (Lipinski definition) is 1. The van der Waals surface area contributed by atoms with Crippen molar-refractivity contribution in [2.75, 3.05) is 5.32 Å². The second-order valence-electron chi connectivity index (χ2n) is 7.24. The number of anilines is 1. The zero-order chi connectivity index (χ0) is 20.4. The van der Waals surface area contributed by atoms with Gasteiger partial charge in [0.1, 0.15) is 0 Å². The van der Waals surface area contributed by atoms with Crippen molar-refractivity contribution in [3.8, 4) is 0 Å². The van der Waals surface area contributed by atoms with Crippen LogP contribution in [-0.2, 0) is 25.4 Å². The number of carbonyl (C=O) groups is 1. The van der Waals surface area contributed by atoms with Gasteiger partial charge in [0, 0.05) is 32.7 Å². The van der Waals surface area contributed by atoms with Crippen molar-refractivity contribution in [1.29, 1.82) is 0 Å². The number of aromatic nitrogens is 4. The van der Waals surface area contributed by atoms with E-state index in [1.54, 1.807) is 11.6 Å². The maximum absolute atomic E-state index is 12.4. The fourth-order valence-electron chi connectivity index (χ4n) is 3.15. The Morgan fingerprint density at radius 2 is 1.79 bits per heavy atom. The number of amides is 1. The van der Waals surface area contributed by atoms with E-state index in [9.17, 15) is 14.4 Å². The van der Waals surface area contributed by atoms with Gasteiger partial charge < -0.3 is 9.88 Å². The number of rotatable bonds is 6. The maximum Gasteiger partial charge on any atom is 0.332 e. The second-order valence-corrected chi connectivity index (χ2v) is 7.24. The zero-order valence-corrected chi connectivity index (χ0v) is 16.6. The van der Waals surface area contributed by atoms with E-state index >= 15 is 0 Å². The Balaban J connectivity index is 1.64. The fourth-order valence-corrected chi connectivity index (χ4v) is 3.15. The summed E-state index contributed by atoms with van der Waals surface area (Å²) < 4.78 is 4.11. The highest BCUT2D eigenvalue weighted by Gasteiger charge is 2.14. The molecule has 0 fully saturated rings. The van der Waals surface area contributed by atoms with E-state index in [4.69, 9.17) is 0 Å². The molecule has 0 saturated heterocycles. The summed E-state index contributed by atoms with van der Waals surface area (Å²) in [5.41, 5.74) is 1.92. The Morgan fingerprint density at radius 1 is 1.11 bits per heavy atom. The van der Waals surface area contributed by atoms with Crippen molar-refractivity contribution in [2.45, 2.75) is 39.2 Å². The highest BCUT2D eigenvalue weighted by Crippen LogP contribution is 2.17. The van der Waals surface area contributed by atoms with Gasteiger partial charge in [0.15, 0.2) is 11.2 Å². The van der Waals surface area contributed by atoms with E-state index in [1.807, 2.05) is 24.3 Å². The average molecular weight is 383 g/mol. The average Bonchev–Trinajstić information content (AvgIpc) is 3.09. The van der Waals surface area contributed by atoms with E-state index in [1.165, 1.54) is 23.5 Å². The molecule has 2 heterocycles. The number of benzene rings is 1. The highest BCUT2D eigenvalue weighted by molar-refractivity contribution is 5.90. The molecule has 1 aromatic carbocycles. The van der Waals surface area contributed by atoms with Crippen LogP contribution in [0.25, 0.3) is 11.2 Å². The van der Waals surface area contributed by atoms with Crippen molar-refractivity contribution in [1.82, 2.24) is 18.7 Å².